The van der Waals surface area contributed by atoms with Crippen LogP contribution in [0.3, 0.4) is 0 Å². The van der Waals surface area contributed by atoms with E-state index in [1.807, 2.05) is 0 Å². The third-order valence-corrected chi connectivity index (χ3v) is 2.17. The lowest BCUT2D eigenvalue weighted by Crippen LogP contribution is -2.20. The zero-order valence-electron chi connectivity index (χ0n) is 10.2. The van der Waals surface area contributed by atoms with Crippen LogP contribution >= 0.6 is 0 Å². The quantitative estimate of drug-likeness (QED) is 0.611. The molecule has 1 rings (SSSR count). The van der Waals surface area contributed by atoms with Gasteiger partial charge in [-0.05, 0) is 6.42 Å². The highest BCUT2D eigenvalue weighted by Crippen LogP contribution is 2.07. The highest BCUT2D eigenvalue weighted by Gasteiger charge is 2.08. The molecule has 0 radical (unpaired) electrons. The summed E-state index contributed by atoms with van der Waals surface area (Å²) in [6, 6.07) is 0. The Morgan fingerprint density at radius 1 is 1.61 bits per heavy atom. The number of rotatable bonds is 5. The number of terminal acetylenes is 1. The molecule has 6 nitrogen and oxygen atoms in total. The SMILES string of the molecule is C#Cc1c[nH]c(=O)nc1NC(=O)OCCCCC. The fraction of sp³-hybridized carbons (Fsp3) is 0.417. The van der Waals surface area contributed by atoms with E-state index in [2.05, 4.69) is 28.1 Å². The zero-order chi connectivity index (χ0) is 13.4. The van der Waals surface area contributed by atoms with Gasteiger partial charge in [0.1, 0.15) is 0 Å². The van der Waals surface area contributed by atoms with E-state index in [1.54, 1.807) is 0 Å². The van der Waals surface area contributed by atoms with E-state index in [4.69, 9.17) is 11.2 Å². The van der Waals surface area contributed by atoms with Gasteiger partial charge in [-0.1, -0.05) is 25.7 Å². The molecule has 1 heterocycles. The minimum atomic E-state index is -0.666. The Balaban J connectivity index is 2.56. The molecule has 0 aliphatic rings. The van der Waals surface area contributed by atoms with E-state index in [0.717, 1.165) is 19.3 Å². The molecule has 0 fully saturated rings. The Morgan fingerprint density at radius 3 is 3.06 bits per heavy atom. The standard InChI is InChI=1S/C12H15N3O3/c1-3-5-6-7-18-12(17)15-10-9(4-2)8-13-11(16)14-10/h2,8H,3,5-7H2,1H3,(H2,13,14,15,16,17). The molecular formula is C12H15N3O3. The number of nitrogens with one attached hydrogen (secondary N) is 2. The lowest BCUT2D eigenvalue weighted by Gasteiger charge is -2.06. The number of amides is 1. The molecule has 2 N–H and O–H groups in total. The number of ether oxygens (including phenoxy) is 1. The largest absolute Gasteiger partial charge is 0.449 e. The van der Waals surface area contributed by atoms with Gasteiger partial charge in [-0.3, -0.25) is 5.32 Å². The van der Waals surface area contributed by atoms with Crippen molar-refractivity contribution in [3.8, 4) is 12.3 Å². The van der Waals surface area contributed by atoms with Crippen molar-refractivity contribution in [2.45, 2.75) is 26.2 Å². The Labute approximate surface area is 105 Å². The number of H-pyrrole nitrogens is 1. The number of nitrogens with zero attached hydrogens (tertiary/aromatic N) is 1. The van der Waals surface area contributed by atoms with Crippen LogP contribution in [0.4, 0.5) is 10.6 Å². The van der Waals surface area contributed by atoms with Gasteiger partial charge in [0.05, 0.1) is 12.2 Å². The second-order valence-electron chi connectivity index (χ2n) is 3.58. The van der Waals surface area contributed by atoms with Crippen molar-refractivity contribution in [1.29, 1.82) is 0 Å². The molecule has 1 aromatic rings. The van der Waals surface area contributed by atoms with Crippen molar-refractivity contribution in [1.82, 2.24) is 9.97 Å². The molecule has 1 aromatic heterocycles. The lowest BCUT2D eigenvalue weighted by molar-refractivity contribution is 0.159. The maximum atomic E-state index is 11.4. The van der Waals surface area contributed by atoms with Crippen LogP contribution in [0.5, 0.6) is 0 Å². The molecule has 0 aliphatic heterocycles. The molecule has 0 saturated carbocycles. The first-order valence-corrected chi connectivity index (χ1v) is 5.67. The molecule has 0 saturated heterocycles. The summed E-state index contributed by atoms with van der Waals surface area (Å²) in [4.78, 5) is 28.3. The van der Waals surface area contributed by atoms with Crippen molar-refractivity contribution in [3.63, 3.8) is 0 Å². The fourth-order valence-electron chi connectivity index (χ4n) is 1.25. The van der Waals surface area contributed by atoms with Crippen molar-refractivity contribution in [2.24, 2.45) is 0 Å². The lowest BCUT2D eigenvalue weighted by atomic mass is 10.3. The van der Waals surface area contributed by atoms with Gasteiger partial charge in [-0.25, -0.2) is 9.59 Å². The van der Waals surface area contributed by atoms with E-state index in [9.17, 15) is 9.59 Å². The van der Waals surface area contributed by atoms with Gasteiger partial charge in [-0.2, -0.15) is 4.98 Å². The number of aromatic amines is 1. The third-order valence-electron chi connectivity index (χ3n) is 2.17. The predicted octanol–water partition coefficient (Wildman–Crippen LogP) is 1.49. The topological polar surface area (TPSA) is 84.1 Å². The van der Waals surface area contributed by atoms with Crippen molar-refractivity contribution in [2.75, 3.05) is 11.9 Å². The molecular weight excluding hydrogens is 234 g/mol. The van der Waals surface area contributed by atoms with Crippen LogP contribution < -0.4 is 11.0 Å². The van der Waals surface area contributed by atoms with E-state index >= 15 is 0 Å². The highest BCUT2D eigenvalue weighted by molar-refractivity contribution is 5.84. The number of hydrogen-bond donors (Lipinski definition) is 2. The summed E-state index contributed by atoms with van der Waals surface area (Å²) in [5.41, 5.74) is -0.296. The molecule has 0 atom stereocenters. The minimum absolute atomic E-state index is 0.0294. The van der Waals surface area contributed by atoms with Crippen molar-refractivity contribution < 1.29 is 9.53 Å². The number of carbonyl (C=O) groups is 1. The van der Waals surface area contributed by atoms with E-state index in [-0.39, 0.29) is 5.82 Å². The van der Waals surface area contributed by atoms with Gasteiger partial charge in [0, 0.05) is 6.20 Å². The van der Waals surface area contributed by atoms with Crippen LogP contribution in [0.15, 0.2) is 11.0 Å². The zero-order valence-corrected chi connectivity index (χ0v) is 10.2. The van der Waals surface area contributed by atoms with Gasteiger partial charge in [0.15, 0.2) is 5.82 Å². The van der Waals surface area contributed by atoms with Gasteiger partial charge in [0.25, 0.3) is 0 Å². The molecule has 0 aliphatic carbocycles. The Kier molecular flexibility index (Phi) is 5.45. The van der Waals surface area contributed by atoms with Gasteiger partial charge in [0.2, 0.25) is 0 Å². The van der Waals surface area contributed by atoms with Crippen LogP contribution in [0.2, 0.25) is 0 Å². The summed E-state index contributed by atoms with van der Waals surface area (Å²) < 4.78 is 4.92. The van der Waals surface area contributed by atoms with Crippen LogP contribution in [0.1, 0.15) is 31.7 Å². The first kappa shape index (κ1) is 13.8. The van der Waals surface area contributed by atoms with E-state index < -0.39 is 11.8 Å². The summed E-state index contributed by atoms with van der Waals surface area (Å²) in [7, 11) is 0. The number of hydrogen-bond acceptors (Lipinski definition) is 4. The summed E-state index contributed by atoms with van der Waals surface area (Å²) in [6.07, 6.45) is 8.69. The monoisotopic (exact) mass is 249 g/mol. The molecule has 0 bridgehead atoms. The summed E-state index contributed by atoms with van der Waals surface area (Å²) >= 11 is 0. The number of anilines is 1. The van der Waals surface area contributed by atoms with Crippen LogP contribution in [-0.4, -0.2) is 22.7 Å². The average molecular weight is 249 g/mol. The molecule has 0 spiro atoms. The molecule has 96 valence electrons. The van der Waals surface area contributed by atoms with Crippen LogP contribution in [0.25, 0.3) is 0 Å². The van der Waals surface area contributed by atoms with E-state index in [1.165, 1.54) is 6.20 Å². The second-order valence-corrected chi connectivity index (χ2v) is 3.58. The Hall–Kier alpha value is -2.29. The smallest absolute Gasteiger partial charge is 0.412 e. The fourth-order valence-corrected chi connectivity index (χ4v) is 1.25. The first-order valence-electron chi connectivity index (χ1n) is 5.67. The van der Waals surface area contributed by atoms with Crippen molar-refractivity contribution in [3.05, 3.63) is 22.2 Å². The van der Waals surface area contributed by atoms with Crippen LogP contribution in [0, 0.1) is 12.3 Å². The van der Waals surface area contributed by atoms with Gasteiger partial charge < -0.3 is 9.72 Å². The summed E-state index contributed by atoms with van der Waals surface area (Å²) in [6.45, 7) is 2.38. The maximum Gasteiger partial charge on any atom is 0.412 e. The predicted molar refractivity (Wildman–Crippen MR) is 67.3 cm³/mol. The van der Waals surface area contributed by atoms with E-state index in [0.29, 0.717) is 12.2 Å². The molecule has 0 unspecified atom stereocenters. The average Bonchev–Trinajstić information content (AvgIpc) is 2.35. The first-order chi connectivity index (χ1) is 8.67. The minimum Gasteiger partial charge on any atom is -0.449 e. The molecule has 1 amide bonds. The van der Waals surface area contributed by atoms with Gasteiger partial charge in [-0.15, -0.1) is 6.42 Å². The highest BCUT2D eigenvalue weighted by atomic mass is 16.5. The number of unbranched alkanes of at least 4 members (excludes halogenated alkanes) is 2. The van der Waals surface area contributed by atoms with Gasteiger partial charge >= 0.3 is 11.8 Å². The molecule has 6 heteroatoms. The number of carbonyl (C=O) groups excluding carboxylic acids is 1. The van der Waals surface area contributed by atoms with Crippen molar-refractivity contribution >= 4 is 11.9 Å². The molecule has 0 aromatic carbocycles. The normalized spacial score (nSPS) is 9.56. The second kappa shape index (κ2) is 7.12. The Bertz CT molecular complexity index is 502. The Morgan fingerprint density at radius 2 is 2.39 bits per heavy atom. The van der Waals surface area contributed by atoms with Crippen LogP contribution in [-0.2, 0) is 4.74 Å². The third kappa shape index (κ3) is 4.29. The summed E-state index contributed by atoms with van der Waals surface area (Å²) in [5, 5.41) is 2.34. The number of aromatic nitrogens is 2. The molecule has 18 heavy (non-hydrogen) atoms. The summed E-state index contributed by atoms with van der Waals surface area (Å²) in [5.74, 6) is 2.33. The maximum absolute atomic E-state index is 11.4.